The van der Waals surface area contributed by atoms with Crippen molar-refractivity contribution in [3.05, 3.63) is 53.3 Å². The Morgan fingerprint density at radius 1 is 1.33 bits per heavy atom. The van der Waals surface area contributed by atoms with Crippen LogP contribution >= 0.6 is 23.4 Å². The van der Waals surface area contributed by atoms with Gasteiger partial charge in [-0.1, -0.05) is 23.4 Å². The number of hydrogen-bond donors (Lipinski definition) is 1. The second-order valence-corrected chi connectivity index (χ2v) is 7.67. The topological polar surface area (TPSA) is 56.1 Å². The van der Waals surface area contributed by atoms with Gasteiger partial charge in [0.15, 0.2) is 5.16 Å². The van der Waals surface area contributed by atoms with Crippen LogP contribution in [0.3, 0.4) is 0 Å². The summed E-state index contributed by atoms with van der Waals surface area (Å²) in [6, 6.07) is 11.2. The molecule has 0 aliphatic heterocycles. The summed E-state index contributed by atoms with van der Waals surface area (Å²) in [5, 5.41) is 3.71. The Hall–Kier alpha value is -2.09. The van der Waals surface area contributed by atoms with Crippen LogP contribution in [0.2, 0.25) is 5.02 Å². The Morgan fingerprint density at radius 2 is 2.07 bits per heavy atom. The SMILES string of the molecule is COCCn1c(SC(C)C(=O)Nc2ccc(F)cc2)nc2cc(Cl)ccc21. The van der Waals surface area contributed by atoms with E-state index in [1.54, 1.807) is 20.1 Å². The molecule has 27 heavy (non-hydrogen) atoms. The van der Waals surface area contributed by atoms with Crippen molar-refractivity contribution in [3.63, 3.8) is 0 Å². The summed E-state index contributed by atoms with van der Waals surface area (Å²) in [6.45, 7) is 2.94. The molecule has 1 amide bonds. The van der Waals surface area contributed by atoms with Gasteiger partial charge in [-0.25, -0.2) is 9.37 Å². The number of rotatable bonds is 7. The molecule has 0 aliphatic carbocycles. The molecule has 8 heteroatoms. The maximum Gasteiger partial charge on any atom is 0.237 e. The number of aromatic nitrogens is 2. The lowest BCUT2D eigenvalue weighted by Crippen LogP contribution is -2.23. The van der Waals surface area contributed by atoms with Crippen molar-refractivity contribution in [1.82, 2.24) is 9.55 Å². The minimum absolute atomic E-state index is 0.185. The van der Waals surface area contributed by atoms with Gasteiger partial charge in [0.1, 0.15) is 5.82 Å². The second kappa shape index (κ2) is 8.73. The van der Waals surface area contributed by atoms with E-state index in [2.05, 4.69) is 10.3 Å². The van der Waals surface area contributed by atoms with E-state index in [4.69, 9.17) is 16.3 Å². The highest BCUT2D eigenvalue weighted by Crippen LogP contribution is 2.29. The zero-order chi connectivity index (χ0) is 19.4. The molecule has 0 radical (unpaired) electrons. The van der Waals surface area contributed by atoms with E-state index in [0.717, 1.165) is 11.0 Å². The van der Waals surface area contributed by atoms with Gasteiger partial charge in [0.25, 0.3) is 0 Å². The van der Waals surface area contributed by atoms with E-state index >= 15 is 0 Å². The van der Waals surface area contributed by atoms with Crippen LogP contribution in [0.15, 0.2) is 47.6 Å². The van der Waals surface area contributed by atoms with E-state index in [9.17, 15) is 9.18 Å². The number of fused-ring (bicyclic) bond motifs is 1. The Bertz CT molecular complexity index is 946. The van der Waals surface area contributed by atoms with Crippen molar-refractivity contribution in [2.24, 2.45) is 0 Å². The van der Waals surface area contributed by atoms with Crippen molar-refractivity contribution in [2.45, 2.75) is 23.9 Å². The summed E-state index contributed by atoms with van der Waals surface area (Å²) < 4.78 is 20.2. The Morgan fingerprint density at radius 3 is 2.78 bits per heavy atom. The van der Waals surface area contributed by atoms with Crippen molar-refractivity contribution < 1.29 is 13.9 Å². The van der Waals surface area contributed by atoms with Gasteiger partial charge >= 0.3 is 0 Å². The van der Waals surface area contributed by atoms with Gasteiger partial charge in [-0.05, 0) is 49.4 Å². The average Bonchev–Trinajstić information content (AvgIpc) is 2.97. The molecule has 1 unspecified atom stereocenters. The van der Waals surface area contributed by atoms with Crippen LogP contribution in [-0.4, -0.2) is 34.4 Å². The van der Waals surface area contributed by atoms with Gasteiger partial charge in [0.2, 0.25) is 5.91 Å². The molecule has 0 spiro atoms. The van der Waals surface area contributed by atoms with Gasteiger partial charge in [-0.15, -0.1) is 0 Å². The summed E-state index contributed by atoms with van der Waals surface area (Å²) >= 11 is 7.42. The number of carbonyl (C=O) groups is 1. The monoisotopic (exact) mass is 407 g/mol. The molecular weight excluding hydrogens is 389 g/mol. The molecule has 3 aromatic rings. The predicted molar refractivity (Wildman–Crippen MR) is 107 cm³/mol. The molecule has 0 fully saturated rings. The van der Waals surface area contributed by atoms with E-state index in [-0.39, 0.29) is 11.7 Å². The number of imidazole rings is 1. The minimum atomic E-state index is -0.399. The quantitative estimate of drug-likeness (QED) is 0.582. The standard InChI is InChI=1S/C19H19ClFN3O2S/c1-12(18(25)22-15-6-4-14(21)5-7-15)27-19-23-16-11-13(20)3-8-17(16)24(19)9-10-26-2/h3-8,11-12H,9-10H2,1-2H3,(H,22,25). The molecule has 1 heterocycles. The lowest BCUT2D eigenvalue weighted by Gasteiger charge is -2.13. The van der Waals surface area contributed by atoms with Crippen LogP contribution in [0, 0.1) is 5.82 Å². The van der Waals surface area contributed by atoms with Gasteiger partial charge < -0.3 is 14.6 Å². The summed E-state index contributed by atoms with van der Waals surface area (Å²) in [7, 11) is 1.64. The molecule has 0 saturated heterocycles. The van der Waals surface area contributed by atoms with E-state index in [0.29, 0.717) is 29.0 Å². The molecular formula is C19H19ClFN3O2S. The largest absolute Gasteiger partial charge is 0.383 e. The van der Waals surface area contributed by atoms with Crippen LogP contribution in [-0.2, 0) is 16.1 Å². The molecule has 2 aromatic carbocycles. The van der Waals surface area contributed by atoms with E-state index < -0.39 is 5.25 Å². The first-order chi connectivity index (χ1) is 13.0. The smallest absolute Gasteiger partial charge is 0.237 e. The van der Waals surface area contributed by atoms with Gasteiger partial charge in [0, 0.05) is 24.4 Å². The highest BCUT2D eigenvalue weighted by Gasteiger charge is 2.20. The first kappa shape index (κ1) is 19.7. The highest BCUT2D eigenvalue weighted by molar-refractivity contribution is 8.00. The maximum absolute atomic E-state index is 13.0. The highest BCUT2D eigenvalue weighted by atomic mass is 35.5. The zero-order valence-corrected chi connectivity index (χ0v) is 16.5. The number of nitrogens with zero attached hydrogens (tertiary/aromatic N) is 2. The van der Waals surface area contributed by atoms with Crippen LogP contribution in [0.5, 0.6) is 0 Å². The first-order valence-corrected chi connectivity index (χ1v) is 9.61. The first-order valence-electron chi connectivity index (χ1n) is 8.35. The summed E-state index contributed by atoms with van der Waals surface area (Å²) in [5.74, 6) is -0.532. The fourth-order valence-corrected chi connectivity index (χ4v) is 3.67. The molecule has 0 aliphatic rings. The van der Waals surface area contributed by atoms with Crippen molar-refractivity contribution >= 4 is 46.0 Å². The number of ether oxygens (including phenoxy) is 1. The Labute approximate surface area is 165 Å². The molecule has 3 rings (SSSR count). The average molecular weight is 408 g/mol. The fraction of sp³-hybridized carbons (Fsp3) is 0.263. The molecule has 0 bridgehead atoms. The minimum Gasteiger partial charge on any atom is -0.383 e. The molecule has 142 valence electrons. The van der Waals surface area contributed by atoms with Gasteiger partial charge in [0.05, 0.1) is 22.9 Å². The lowest BCUT2D eigenvalue weighted by molar-refractivity contribution is -0.115. The van der Waals surface area contributed by atoms with Gasteiger partial charge in [-0.3, -0.25) is 4.79 Å². The molecule has 0 saturated carbocycles. The number of methoxy groups -OCH3 is 1. The van der Waals surface area contributed by atoms with Crippen LogP contribution < -0.4 is 5.32 Å². The lowest BCUT2D eigenvalue weighted by atomic mass is 10.3. The Kier molecular flexibility index (Phi) is 6.36. The van der Waals surface area contributed by atoms with Crippen molar-refractivity contribution in [3.8, 4) is 0 Å². The third-order valence-electron chi connectivity index (χ3n) is 3.96. The number of thioether (sulfide) groups is 1. The summed E-state index contributed by atoms with van der Waals surface area (Å²) in [4.78, 5) is 17.1. The molecule has 5 nitrogen and oxygen atoms in total. The van der Waals surface area contributed by atoms with E-state index in [1.807, 2.05) is 16.7 Å². The number of nitrogens with one attached hydrogen (secondary N) is 1. The molecule has 1 N–H and O–H groups in total. The zero-order valence-electron chi connectivity index (χ0n) is 14.9. The Balaban J connectivity index is 1.79. The van der Waals surface area contributed by atoms with Crippen molar-refractivity contribution in [1.29, 1.82) is 0 Å². The van der Waals surface area contributed by atoms with Crippen LogP contribution in [0.25, 0.3) is 11.0 Å². The summed E-state index contributed by atoms with van der Waals surface area (Å²) in [6.07, 6.45) is 0. The van der Waals surface area contributed by atoms with Gasteiger partial charge in [-0.2, -0.15) is 0 Å². The van der Waals surface area contributed by atoms with Crippen LogP contribution in [0.4, 0.5) is 10.1 Å². The number of amides is 1. The number of anilines is 1. The summed E-state index contributed by atoms with van der Waals surface area (Å²) in [5.41, 5.74) is 2.26. The maximum atomic E-state index is 13.0. The second-order valence-electron chi connectivity index (χ2n) is 5.93. The van der Waals surface area contributed by atoms with Crippen LogP contribution in [0.1, 0.15) is 6.92 Å². The fourth-order valence-electron chi connectivity index (χ4n) is 2.56. The number of hydrogen-bond acceptors (Lipinski definition) is 4. The van der Waals surface area contributed by atoms with Crippen molar-refractivity contribution in [2.75, 3.05) is 19.0 Å². The third-order valence-corrected chi connectivity index (χ3v) is 5.28. The normalized spacial score (nSPS) is 12.3. The predicted octanol–water partition coefficient (Wildman–Crippen LogP) is 4.59. The van der Waals surface area contributed by atoms with E-state index in [1.165, 1.54) is 36.0 Å². The molecule has 1 aromatic heterocycles. The number of carbonyl (C=O) groups excluding carboxylic acids is 1. The molecule has 1 atom stereocenters. The third kappa shape index (κ3) is 4.80. The number of benzene rings is 2. The number of halogens is 2.